The van der Waals surface area contributed by atoms with Gasteiger partial charge < -0.3 is 15.6 Å². The molecule has 5 rings (SSSR count). The molecule has 0 radical (unpaired) electrons. The number of carbonyl (C=O) groups is 1. The quantitative estimate of drug-likeness (QED) is 0.529. The monoisotopic (exact) mass is 384 g/mol. The minimum absolute atomic E-state index is 0.0161. The highest BCUT2D eigenvalue weighted by Crippen LogP contribution is 2.39. The third-order valence-electron chi connectivity index (χ3n) is 5.52. The van der Waals surface area contributed by atoms with Crippen molar-refractivity contribution in [3.63, 3.8) is 0 Å². The predicted octanol–water partition coefficient (Wildman–Crippen LogP) is 2.85. The van der Waals surface area contributed by atoms with Crippen LogP contribution in [0.4, 0.5) is 5.82 Å². The molecule has 7 heteroatoms. The lowest BCUT2D eigenvalue weighted by Gasteiger charge is -2.26. The predicted molar refractivity (Wildman–Crippen MR) is 113 cm³/mol. The van der Waals surface area contributed by atoms with Crippen molar-refractivity contribution in [2.24, 2.45) is 0 Å². The maximum Gasteiger partial charge on any atom is 0.243 e. The first-order valence-corrected chi connectivity index (χ1v) is 9.55. The molecule has 1 amide bonds. The van der Waals surface area contributed by atoms with Crippen molar-refractivity contribution in [3.8, 4) is 11.1 Å². The number of nitrogens with one attached hydrogen (secondary N) is 1. The summed E-state index contributed by atoms with van der Waals surface area (Å²) < 4.78 is 2.15. The Bertz CT molecular complexity index is 1280. The molecule has 0 bridgehead atoms. The van der Waals surface area contributed by atoms with Crippen LogP contribution in [0.1, 0.15) is 12.1 Å². The van der Waals surface area contributed by atoms with Gasteiger partial charge >= 0.3 is 0 Å². The number of pyridine rings is 1. The van der Waals surface area contributed by atoms with Gasteiger partial charge in [-0.3, -0.25) is 9.78 Å². The number of hydrogen-bond donors (Lipinski definition) is 2. The molecule has 7 nitrogen and oxygen atoms in total. The first-order valence-electron chi connectivity index (χ1n) is 9.55. The van der Waals surface area contributed by atoms with Crippen LogP contribution in [-0.2, 0) is 17.8 Å². The van der Waals surface area contributed by atoms with Crippen molar-refractivity contribution in [1.29, 1.82) is 0 Å². The van der Waals surface area contributed by atoms with E-state index in [4.69, 9.17) is 5.73 Å². The molecule has 0 aliphatic carbocycles. The molecule has 0 fully saturated rings. The summed E-state index contributed by atoms with van der Waals surface area (Å²) >= 11 is 0. The Morgan fingerprint density at radius 2 is 2.14 bits per heavy atom. The van der Waals surface area contributed by atoms with Crippen molar-refractivity contribution in [2.75, 3.05) is 5.73 Å². The summed E-state index contributed by atoms with van der Waals surface area (Å²) in [5.74, 6) is 0.287. The van der Waals surface area contributed by atoms with Gasteiger partial charge in [-0.25, -0.2) is 9.97 Å². The van der Waals surface area contributed by atoms with Crippen molar-refractivity contribution in [2.45, 2.75) is 25.4 Å². The molecule has 0 saturated carbocycles. The van der Waals surface area contributed by atoms with Crippen molar-refractivity contribution in [3.05, 3.63) is 61.2 Å². The van der Waals surface area contributed by atoms with E-state index < -0.39 is 0 Å². The average molecular weight is 384 g/mol. The van der Waals surface area contributed by atoms with E-state index in [9.17, 15) is 4.79 Å². The lowest BCUT2D eigenvalue weighted by molar-refractivity contribution is -0.117. The zero-order valence-electron chi connectivity index (χ0n) is 15.8. The van der Waals surface area contributed by atoms with Gasteiger partial charge in [0.1, 0.15) is 17.8 Å². The van der Waals surface area contributed by atoms with Crippen LogP contribution in [-0.4, -0.2) is 31.5 Å². The number of nitrogen functional groups attached to an aromatic ring is 1. The number of amides is 1. The van der Waals surface area contributed by atoms with E-state index >= 15 is 0 Å². The van der Waals surface area contributed by atoms with Crippen LogP contribution in [0, 0.1) is 0 Å². The number of para-hydroxylation sites is 1. The molecular weight excluding hydrogens is 364 g/mol. The van der Waals surface area contributed by atoms with Crippen LogP contribution in [0.25, 0.3) is 33.1 Å². The molecule has 29 heavy (non-hydrogen) atoms. The van der Waals surface area contributed by atoms with Crippen LogP contribution in [0.2, 0.25) is 0 Å². The molecule has 1 aromatic carbocycles. The molecule has 0 spiro atoms. The highest BCUT2D eigenvalue weighted by molar-refractivity contribution is 6.03. The Hall–Kier alpha value is -3.74. The van der Waals surface area contributed by atoms with Crippen LogP contribution in [0.5, 0.6) is 0 Å². The molecule has 4 aromatic rings. The Balaban J connectivity index is 1.70. The molecular formula is C22H20N6O. The highest BCUT2D eigenvalue weighted by atomic mass is 16.1. The van der Waals surface area contributed by atoms with Gasteiger partial charge in [0.15, 0.2) is 0 Å². The molecule has 1 aliphatic heterocycles. The summed E-state index contributed by atoms with van der Waals surface area (Å²) in [4.78, 5) is 25.1. The second-order valence-electron chi connectivity index (χ2n) is 7.25. The van der Waals surface area contributed by atoms with E-state index in [1.807, 2.05) is 24.4 Å². The lowest BCUT2D eigenvalue weighted by atomic mass is 9.97. The Labute approximate surface area is 167 Å². The number of anilines is 1. The molecule has 1 aliphatic rings. The van der Waals surface area contributed by atoms with Gasteiger partial charge in [-0.15, -0.1) is 0 Å². The van der Waals surface area contributed by atoms with Gasteiger partial charge in [0, 0.05) is 41.0 Å². The van der Waals surface area contributed by atoms with Gasteiger partial charge in [0.25, 0.3) is 0 Å². The SMILES string of the molecule is C=CC(=O)NC1CCc2c(-c3cnc4ccccc4c3)c3c(N)ncnc3n2C1. The van der Waals surface area contributed by atoms with Crippen LogP contribution in [0.3, 0.4) is 0 Å². The maximum absolute atomic E-state index is 11.8. The number of aromatic nitrogens is 4. The third kappa shape index (κ3) is 2.82. The van der Waals surface area contributed by atoms with Gasteiger partial charge in [0.05, 0.1) is 10.9 Å². The maximum atomic E-state index is 11.8. The molecule has 1 unspecified atom stereocenters. The summed E-state index contributed by atoms with van der Waals surface area (Å²) in [6.45, 7) is 4.17. The van der Waals surface area contributed by atoms with Gasteiger partial charge in [-0.2, -0.15) is 0 Å². The fourth-order valence-corrected chi connectivity index (χ4v) is 4.22. The number of nitrogens with two attached hydrogens (primary N) is 1. The minimum Gasteiger partial charge on any atom is -0.383 e. The second-order valence-corrected chi connectivity index (χ2v) is 7.25. The van der Waals surface area contributed by atoms with Crippen molar-refractivity contribution >= 4 is 33.7 Å². The van der Waals surface area contributed by atoms with Gasteiger partial charge in [0.2, 0.25) is 5.91 Å². The van der Waals surface area contributed by atoms with E-state index in [-0.39, 0.29) is 11.9 Å². The number of carbonyl (C=O) groups excluding carboxylic acids is 1. The highest BCUT2D eigenvalue weighted by Gasteiger charge is 2.28. The molecule has 3 aromatic heterocycles. The van der Waals surface area contributed by atoms with Crippen LogP contribution >= 0.6 is 0 Å². The lowest BCUT2D eigenvalue weighted by Crippen LogP contribution is -2.40. The summed E-state index contributed by atoms with van der Waals surface area (Å²) in [5, 5.41) is 4.91. The zero-order valence-corrected chi connectivity index (χ0v) is 15.8. The minimum atomic E-state index is -0.164. The molecule has 4 heterocycles. The number of rotatable bonds is 3. The summed E-state index contributed by atoms with van der Waals surface area (Å²) in [6, 6.07) is 10.2. The number of benzene rings is 1. The van der Waals surface area contributed by atoms with Crippen LogP contribution < -0.4 is 11.1 Å². The number of nitrogens with zero attached hydrogens (tertiary/aromatic N) is 4. The second kappa shape index (κ2) is 6.70. The standard InChI is InChI=1S/C22H20N6O/c1-2-18(29)27-15-7-8-17-19(14-9-13-5-3-4-6-16(13)24-10-14)20-21(23)25-12-26-22(20)28(17)11-15/h2-6,9-10,12,15H,1,7-8,11H2,(H,27,29)(H2,23,25,26). The van der Waals surface area contributed by atoms with E-state index in [1.165, 1.54) is 12.4 Å². The Morgan fingerprint density at radius 1 is 1.28 bits per heavy atom. The molecule has 0 saturated heterocycles. The van der Waals surface area contributed by atoms with E-state index in [0.717, 1.165) is 51.6 Å². The van der Waals surface area contributed by atoms with Crippen molar-refractivity contribution in [1.82, 2.24) is 24.8 Å². The van der Waals surface area contributed by atoms with Crippen molar-refractivity contribution < 1.29 is 4.79 Å². The average Bonchev–Trinajstić information content (AvgIpc) is 3.08. The Morgan fingerprint density at radius 3 is 3.00 bits per heavy atom. The van der Waals surface area contributed by atoms with Gasteiger partial charge in [-0.1, -0.05) is 24.8 Å². The molecule has 3 N–H and O–H groups in total. The van der Waals surface area contributed by atoms with E-state index in [2.05, 4.69) is 43.5 Å². The molecule has 144 valence electrons. The summed E-state index contributed by atoms with van der Waals surface area (Å²) in [6.07, 6.45) is 6.29. The first kappa shape index (κ1) is 17.4. The Kier molecular flexibility index (Phi) is 4.01. The summed E-state index contributed by atoms with van der Waals surface area (Å²) in [7, 11) is 0. The normalized spacial score (nSPS) is 15.9. The largest absolute Gasteiger partial charge is 0.383 e. The van der Waals surface area contributed by atoms with E-state index in [0.29, 0.717) is 12.4 Å². The molecule has 1 atom stereocenters. The fraction of sp³-hybridized carbons (Fsp3) is 0.182. The summed E-state index contributed by atoms with van der Waals surface area (Å²) in [5.41, 5.74) is 11.2. The van der Waals surface area contributed by atoms with E-state index in [1.54, 1.807) is 0 Å². The third-order valence-corrected chi connectivity index (χ3v) is 5.52. The zero-order chi connectivity index (χ0) is 20.0. The van der Waals surface area contributed by atoms with Crippen LogP contribution in [0.15, 0.2) is 55.5 Å². The number of hydrogen-bond acceptors (Lipinski definition) is 5. The smallest absolute Gasteiger partial charge is 0.243 e. The topological polar surface area (TPSA) is 98.7 Å². The number of fused-ring (bicyclic) bond motifs is 4. The van der Waals surface area contributed by atoms with Gasteiger partial charge in [-0.05, 0) is 31.1 Å². The fourth-order valence-electron chi connectivity index (χ4n) is 4.22. The first-order chi connectivity index (χ1) is 14.2.